The van der Waals surface area contributed by atoms with E-state index in [1.54, 1.807) is 0 Å². The van der Waals surface area contributed by atoms with E-state index in [9.17, 15) is 4.79 Å². The van der Waals surface area contributed by atoms with E-state index in [0.717, 1.165) is 24.6 Å². The van der Waals surface area contributed by atoms with Crippen LogP contribution in [0.15, 0.2) is 36.4 Å². The minimum absolute atomic E-state index is 0.0667. The number of benzene rings is 2. The summed E-state index contributed by atoms with van der Waals surface area (Å²) in [5, 5.41) is 3.01. The van der Waals surface area contributed by atoms with Gasteiger partial charge in [0.1, 0.15) is 0 Å². The summed E-state index contributed by atoms with van der Waals surface area (Å²) in [6, 6.07) is 11.8. The van der Waals surface area contributed by atoms with Crippen LogP contribution in [0, 0.1) is 12.8 Å². The van der Waals surface area contributed by atoms with Crippen molar-refractivity contribution in [2.75, 3.05) is 29.0 Å². The summed E-state index contributed by atoms with van der Waals surface area (Å²) in [6.45, 7) is 13.0. The average molecular weight is 380 g/mol. The zero-order chi connectivity index (χ0) is 20.5. The highest BCUT2D eigenvalue weighted by Gasteiger charge is 2.20. The summed E-state index contributed by atoms with van der Waals surface area (Å²) >= 11 is 0. The Hall–Kier alpha value is -2.49. The van der Waals surface area contributed by atoms with Gasteiger partial charge in [0.05, 0.1) is 11.4 Å². The maximum atomic E-state index is 12.8. The number of hydrogen-bond acceptors (Lipinski definition) is 3. The number of rotatable bonds is 3. The second-order valence-corrected chi connectivity index (χ2v) is 9.18. The van der Waals surface area contributed by atoms with Crippen molar-refractivity contribution in [3.05, 3.63) is 53.1 Å². The van der Waals surface area contributed by atoms with Gasteiger partial charge in [-0.25, -0.2) is 0 Å². The number of aryl methyl sites for hydroxylation is 1. The first-order chi connectivity index (χ1) is 13.1. The van der Waals surface area contributed by atoms with Crippen molar-refractivity contribution >= 4 is 23.0 Å². The summed E-state index contributed by atoms with van der Waals surface area (Å²) in [4.78, 5) is 15.2. The number of nitrogens with two attached hydrogens (primary N) is 1. The first-order valence-corrected chi connectivity index (χ1v) is 10.2. The van der Waals surface area contributed by atoms with Gasteiger partial charge < -0.3 is 16.0 Å². The van der Waals surface area contributed by atoms with Crippen molar-refractivity contribution in [1.82, 2.24) is 0 Å². The van der Waals surface area contributed by atoms with Crippen LogP contribution in [0.1, 0.15) is 62.0 Å². The number of nitrogen functional groups attached to an aromatic ring is 1. The lowest BCUT2D eigenvalue weighted by Crippen LogP contribution is -2.33. The van der Waals surface area contributed by atoms with Crippen molar-refractivity contribution < 1.29 is 4.79 Å². The van der Waals surface area contributed by atoms with Gasteiger partial charge >= 0.3 is 0 Å². The smallest absolute Gasteiger partial charge is 0.255 e. The van der Waals surface area contributed by atoms with Gasteiger partial charge in [0, 0.05) is 24.3 Å². The van der Waals surface area contributed by atoms with Crippen molar-refractivity contribution in [1.29, 1.82) is 0 Å². The number of nitrogens with zero attached hydrogens (tertiary/aromatic N) is 1. The molecule has 0 saturated carbocycles. The Morgan fingerprint density at radius 2 is 1.71 bits per heavy atom. The van der Waals surface area contributed by atoms with Gasteiger partial charge in [0.2, 0.25) is 0 Å². The minimum atomic E-state index is -0.130. The molecule has 4 nitrogen and oxygen atoms in total. The lowest BCUT2D eigenvalue weighted by molar-refractivity contribution is 0.102. The highest BCUT2D eigenvalue weighted by atomic mass is 16.1. The molecule has 2 aromatic carbocycles. The third-order valence-corrected chi connectivity index (χ3v) is 5.75. The number of piperidine rings is 1. The largest absolute Gasteiger partial charge is 0.397 e. The topological polar surface area (TPSA) is 58.4 Å². The molecule has 1 heterocycles. The van der Waals surface area contributed by atoms with E-state index in [-0.39, 0.29) is 11.3 Å². The first-order valence-electron chi connectivity index (χ1n) is 10.2. The molecule has 150 valence electrons. The fourth-order valence-electron chi connectivity index (χ4n) is 3.73. The van der Waals surface area contributed by atoms with Gasteiger partial charge in [-0.3, -0.25) is 4.79 Å². The normalized spacial score (nSPS) is 15.5. The van der Waals surface area contributed by atoms with E-state index in [4.69, 9.17) is 5.73 Å². The number of nitrogens with one attached hydrogen (secondary N) is 1. The first kappa shape index (κ1) is 20.2. The van der Waals surface area contributed by atoms with Crippen LogP contribution in [0.4, 0.5) is 17.1 Å². The number of amides is 1. The lowest BCUT2D eigenvalue weighted by Gasteiger charge is -2.33. The van der Waals surface area contributed by atoms with Gasteiger partial charge in [-0.1, -0.05) is 39.8 Å². The maximum absolute atomic E-state index is 12.8. The van der Waals surface area contributed by atoms with Crippen LogP contribution >= 0.6 is 0 Å². The summed E-state index contributed by atoms with van der Waals surface area (Å²) < 4.78 is 0. The predicted octanol–water partition coefficient (Wildman–Crippen LogP) is 5.36. The number of carbonyl (C=O) groups is 1. The van der Waals surface area contributed by atoms with Crippen molar-refractivity contribution in [2.24, 2.45) is 5.92 Å². The minimum Gasteiger partial charge on any atom is -0.397 e. The molecule has 0 spiro atoms. The van der Waals surface area contributed by atoms with Crippen LogP contribution in [-0.2, 0) is 5.41 Å². The number of hydrogen-bond donors (Lipinski definition) is 2. The van der Waals surface area contributed by atoms with Gasteiger partial charge in [-0.05, 0) is 66.5 Å². The van der Waals surface area contributed by atoms with Crippen molar-refractivity contribution in [2.45, 2.75) is 52.9 Å². The molecule has 3 N–H and O–H groups in total. The van der Waals surface area contributed by atoms with Gasteiger partial charge in [0.15, 0.2) is 0 Å². The van der Waals surface area contributed by atoms with Crippen LogP contribution in [0.25, 0.3) is 0 Å². The quantitative estimate of drug-likeness (QED) is 0.706. The Morgan fingerprint density at radius 1 is 1.11 bits per heavy atom. The highest BCUT2D eigenvalue weighted by Crippen LogP contribution is 2.32. The molecule has 3 rings (SSSR count). The third kappa shape index (κ3) is 4.49. The molecule has 4 heteroatoms. The summed E-state index contributed by atoms with van der Waals surface area (Å²) in [6.07, 6.45) is 2.40. The van der Waals surface area contributed by atoms with Gasteiger partial charge in [0.25, 0.3) is 5.91 Å². The zero-order valence-corrected chi connectivity index (χ0v) is 17.8. The Labute approximate surface area is 169 Å². The van der Waals surface area contributed by atoms with E-state index >= 15 is 0 Å². The Kier molecular flexibility index (Phi) is 5.69. The van der Waals surface area contributed by atoms with E-state index in [1.807, 2.05) is 36.4 Å². The number of anilines is 3. The summed E-state index contributed by atoms with van der Waals surface area (Å²) in [5.74, 6) is 0.648. The fourth-order valence-corrected chi connectivity index (χ4v) is 3.73. The lowest BCUT2D eigenvalue weighted by atomic mass is 9.87. The van der Waals surface area contributed by atoms with E-state index in [0.29, 0.717) is 16.9 Å². The molecule has 1 fully saturated rings. The van der Waals surface area contributed by atoms with Crippen molar-refractivity contribution in [3.63, 3.8) is 0 Å². The second-order valence-electron chi connectivity index (χ2n) is 9.18. The Balaban J connectivity index is 1.79. The standard InChI is InChI=1S/C24H33N3O/c1-16-10-12-27(13-11-16)22-15-21(20(25)14-17(22)2)26-23(28)18-6-8-19(9-7-18)24(3,4)5/h6-9,14-16H,10-13,25H2,1-5H3,(H,26,28). The Bertz CT molecular complexity index is 841. The second kappa shape index (κ2) is 7.86. The molecule has 1 saturated heterocycles. The highest BCUT2D eigenvalue weighted by molar-refractivity contribution is 6.06. The van der Waals surface area contributed by atoms with Crippen LogP contribution < -0.4 is 16.0 Å². The average Bonchev–Trinajstić information content (AvgIpc) is 2.64. The molecular formula is C24H33N3O. The third-order valence-electron chi connectivity index (χ3n) is 5.75. The molecule has 0 bridgehead atoms. The van der Waals surface area contributed by atoms with Gasteiger partial charge in [-0.15, -0.1) is 0 Å². The summed E-state index contributed by atoms with van der Waals surface area (Å²) in [5.41, 5.74) is 11.7. The molecule has 0 aliphatic carbocycles. The molecule has 1 amide bonds. The van der Waals surface area contributed by atoms with Crippen molar-refractivity contribution in [3.8, 4) is 0 Å². The fraction of sp³-hybridized carbons (Fsp3) is 0.458. The van der Waals surface area contributed by atoms with Crippen LogP contribution in [0.2, 0.25) is 0 Å². The molecule has 1 aliphatic heterocycles. The molecule has 2 aromatic rings. The molecule has 0 atom stereocenters. The zero-order valence-electron chi connectivity index (χ0n) is 17.8. The van der Waals surface area contributed by atoms with E-state index in [2.05, 4.69) is 44.8 Å². The summed E-state index contributed by atoms with van der Waals surface area (Å²) in [7, 11) is 0. The van der Waals surface area contributed by atoms with Gasteiger partial charge in [-0.2, -0.15) is 0 Å². The molecule has 0 radical (unpaired) electrons. The molecule has 28 heavy (non-hydrogen) atoms. The predicted molar refractivity (Wildman–Crippen MR) is 119 cm³/mol. The van der Waals surface area contributed by atoms with Crippen LogP contribution in [-0.4, -0.2) is 19.0 Å². The molecular weight excluding hydrogens is 346 g/mol. The molecule has 0 aromatic heterocycles. The SMILES string of the molecule is Cc1cc(N)c(NC(=O)c2ccc(C(C)(C)C)cc2)cc1N1CCC(C)CC1. The maximum Gasteiger partial charge on any atom is 0.255 e. The monoisotopic (exact) mass is 379 g/mol. The van der Waals surface area contributed by atoms with E-state index in [1.165, 1.54) is 24.1 Å². The molecule has 1 aliphatic rings. The number of carbonyl (C=O) groups excluding carboxylic acids is 1. The van der Waals surface area contributed by atoms with Crippen LogP contribution in [0.3, 0.4) is 0 Å². The molecule has 0 unspecified atom stereocenters. The Morgan fingerprint density at radius 3 is 2.29 bits per heavy atom. The van der Waals surface area contributed by atoms with E-state index < -0.39 is 0 Å². The van der Waals surface area contributed by atoms with Crippen LogP contribution in [0.5, 0.6) is 0 Å².